The van der Waals surface area contributed by atoms with Gasteiger partial charge in [0.2, 0.25) is 0 Å². The second-order valence-corrected chi connectivity index (χ2v) is 5.09. The molecule has 0 saturated carbocycles. The summed E-state index contributed by atoms with van der Waals surface area (Å²) in [5.41, 5.74) is 0.293. The second kappa shape index (κ2) is 4.68. The molecule has 8 heteroatoms. The monoisotopic (exact) mass is 373 g/mol. The van der Waals surface area contributed by atoms with Crippen LogP contribution in [0.4, 0.5) is 5.69 Å². The van der Waals surface area contributed by atoms with Crippen molar-refractivity contribution in [2.75, 3.05) is 13.2 Å². The molecular weight excluding hydrogens is 365 g/mol. The zero-order valence-corrected chi connectivity index (χ0v) is 11.7. The van der Waals surface area contributed by atoms with Crippen molar-refractivity contribution < 1.29 is 14.4 Å². The van der Waals surface area contributed by atoms with Gasteiger partial charge < -0.3 is 9.47 Å². The Kier molecular flexibility index (Phi) is 3.01. The number of rotatable bonds is 2. The number of halogens is 1. The van der Waals surface area contributed by atoms with Crippen LogP contribution in [0.25, 0.3) is 5.69 Å². The van der Waals surface area contributed by atoms with Gasteiger partial charge in [-0.2, -0.15) is 5.10 Å². The van der Waals surface area contributed by atoms with E-state index in [4.69, 9.17) is 9.47 Å². The zero-order chi connectivity index (χ0) is 13.4. The van der Waals surface area contributed by atoms with Crippen molar-refractivity contribution in [2.45, 2.75) is 0 Å². The van der Waals surface area contributed by atoms with Crippen molar-refractivity contribution in [2.24, 2.45) is 0 Å². The molecule has 98 valence electrons. The van der Waals surface area contributed by atoms with Gasteiger partial charge in [0.1, 0.15) is 18.9 Å². The molecule has 2 aromatic rings. The van der Waals surface area contributed by atoms with Crippen LogP contribution >= 0.6 is 22.6 Å². The minimum absolute atomic E-state index is 0.0660. The summed E-state index contributed by atoms with van der Waals surface area (Å²) in [6.45, 7) is 0.823. The summed E-state index contributed by atoms with van der Waals surface area (Å²) in [5.74, 6) is 0.890. The number of ether oxygens (including phenoxy) is 2. The first-order chi connectivity index (χ1) is 9.15. The minimum atomic E-state index is -0.456. The molecule has 19 heavy (non-hydrogen) atoms. The number of nitrogens with zero attached hydrogens (tertiary/aromatic N) is 3. The molecule has 0 spiro atoms. The molecule has 0 fully saturated rings. The van der Waals surface area contributed by atoms with Gasteiger partial charge in [-0.25, -0.2) is 4.68 Å². The summed E-state index contributed by atoms with van der Waals surface area (Å²) < 4.78 is 13.1. The van der Waals surface area contributed by atoms with Crippen LogP contribution in [0, 0.1) is 13.7 Å². The lowest BCUT2D eigenvalue weighted by Gasteiger charge is -2.18. The Balaban J connectivity index is 2.18. The van der Waals surface area contributed by atoms with E-state index < -0.39 is 4.92 Å². The van der Waals surface area contributed by atoms with Gasteiger partial charge in [-0.15, -0.1) is 0 Å². The number of nitro benzene ring substituents is 1. The fourth-order valence-electron chi connectivity index (χ4n) is 1.83. The number of aromatic nitrogens is 2. The van der Waals surface area contributed by atoms with Crippen LogP contribution in [-0.4, -0.2) is 27.9 Å². The van der Waals surface area contributed by atoms with Gasteiger partial charge in [0.15, 0.2) is 11.5 Å². The lowest BCUT2D eigenvalue weighted by molar-refractivity contribution is -0.384. The third-order valence-electron chi connectivity index (χ3n) is 2.63. The highest BCUT2D eigenvalue weighted by atomic mass is 127. The Hall–Kier alpha value is -1.84. The van der Waals surface area contributed by atoms with E-state index in [0.29, 0.717) is 30.4 Å². The van der Waals surface area contributed by atoms with Crippen molar-refractivity contribution in [3.8, 4) is 17.2 Å². The van der Waals surface area contributed by atoms with E-state index in [1.165, 1.54) is 10.7 Å². The fourth-order valence-corrected chi connectivity index (χ4v) is 2.22. The number of nitro groups is 1. The third kappa shape index (κ3) is 2.23. The van der Waals surface area contributed by atoms with E-state index >= 15 is 0 Å². The Labute approximate surface area is 121 Å². The molecule has 0 unspecified atom stereocenters. The maximum atomic E-state index is 11.2. The lowest BCUT2D eigenvalue weighted by atomic mass is 10.2. The fraction of sp³-hybridized carbons (Fsp3) is 0.182. The van der Waals surface area contributed by atoms with Gasteiger partial charge in [0, 0.05) is 12.3 Å². The molecule has 1 aliphatic heterocycles. The molecule has 0 saturated heterocycles. The van der Waals surface area contributed by atoms with Crippen LogP contribution in [0.15, 0.2) is 24.5 Å². The summed E-state index contributed by atoms with van der Waals surface area (Å²) in [5, 5.41) is 15.2. The Morgan fingerprint density at radius 3 is 2.58 bits per heavy atom. The van der Waals surface area contributed by atoms with E-state index in [2.05, 4.69) is 27.7 Å². The van der Waals surface area contributed by atoms with Gasteiger partial charge in [-0.1, -0.05) is 0 Å². The SMILES string of the molecule is O=[N+]([O-])c1cc2c(cc1-n1cc(I)cn1)OCCO2. The van der Waals surface area contributed by atoms with Crippen LogP contribution < -0.4 is 9.47 Å². The van der Waals surface area contributed by atoms with Crippen molar-refractivity contribution in [1.82, 2.24) is 9.78 Å². The molecule has 7 nitrogen and oxygen atoms in total. The van der Waals surface area contributed by atoms with Gasteiger partial charge in [0.05, 0.1) is 20.8 Å². The smallest absolute Gasteiger partial charge is 0.298 e. The minimum Gasteiger partial charge on any atom is -0.486 e. The normalized spacial score (nSPS) is 13.3. The van der Waals surface area contributed by atoms with Crippen LogP contribution in [0.3, 0.4) is 0 Å². The summed E-state index contributed by atoms with van der Waals surface area (Å²) in [7, 11) is 0. The lowest BCUT2D eigenvalue weighted by Crippen LogP contribution is -2.16. The average molecular weight is 373 g/mol. The van der Waals surface area contributed by atoms with Crippen molar-refractivity contribution in [3.05, 3.63) is 38.2 Å². The molecule has 0 N–H and O–H groups in total. The highest BCUT2D eigenvalue weighted by Crippen LogP contribution is 2.38. The van der Waals surface area contributed by atoms with Gasteiger partial charge in [-0.3, -0.25) is 10.1 Å². The Morgan fingerprint density at radius 2 is 2.00 bits per heavy atom. The topological polar surface area (TPSA) is 79.4 Å². The van der Waals surface area contributed by atoms with Crippen LogP contribution in [0.5, 0.6) is 11.5 Å². The second-order valence-electron chi connectivity index (χ2n) is 3.84. The predicted molar refractivity (Wildman–Crippen MR) is 73.9 cm³/mol. The molecule has 2 heterocycles. The van der Waals surface area contributed by atoms with E-state index in [1.54, 1.807) is 18.5 Å². The summed E-state index contributed by atoms with van der Waals surface area (Å²) in [4.78, 5) is 10.7. The molecular formula is C11H8IN3O4. The first-order valence-corrected chi connectivity index (χ1v) is 6.51. The first kappa shape index (κ1) is 12.2. The van der Waals surface area contributed by atoms with E-state index in [-0.39, 0.29) is 5.69 Å². The Morgan fingerprint density at radius 1 is 1.32 bits per heavy atom. The zero-order valence-electron chi connectivity index (χ0n) is 9.58. The summed E-state index contributed by atoms with van der Waals surface area (Å²) in [6, 6.07) is 2.95. The molecule has 0 radical (unpaired) electrons. The maximum Gasteiger partial charge on any atom is 0.298 e. The summed E-state index contributed by atoms with van der Waals surface area (Å²) in [6.07, 6.45) is 3.33. The average Bonchev–Trinajstić information content (AvgIpc) is 2.83. The van der Waals surface area contributed by atoms with Crippen molar-refractivity contribution in [1.29, 1.82) is 0 Å². The number of hydrogen-bond donors (Lipinski definition) is 0. The number of hydrogen-bond acceptors (Lipinski definition) is 5. The Bertz CT molecular complexity index is 655. The molecule has 3 rings (SSSR count). The predicted octanol–water partition coefficient (Wildman–Crippen LogP) is 2.16. The molecule has 0 bridgehead atoms. The molecule has 0 aliphatic carbocycles. The van der Waals surface area contributed by atoms with Gasteiger partial charge in [-0.05, 0) is 22.6 Å². The summed E-state index contributed by atoms with van der Waals surface area (Å²) >= 11 is 2.09. The highest BCUT2D eigenvalue weighted by molar-refractivity contribution is 14.1. The maximum absolute atomic E-state index is 11.2. The highest BCUT2D eigenvalue weighted by Gasteiger charge is 2.23. The number of fused-ring (bicyclic) bond motifs is 1. The first-order valence-electron chi connectivity index (χ1n) is 5.44. The van der Waals surface area contributed by atoms with Crippen LogP contribution in [0.1, 0.15) is 0 Å². The van der Waals surface area contributed by atoms with Crippen LogP contribution in [0.2, 0.25) is 0 Å². The standard InChI is InChI=1S/C11H8IN3O4/c12-7-5-13-14(6-7)8-3-10-11(19-2-1-18-10)4-9(8)15(16)17/h3-6H,1-2H2. The van der Waals surface area contributed by atoms with E-state index in [1.807, 2.05) is 0 Å². The van der Waals surface area contributed by atoms with Gasteiger partial charge >= 0.3 is 0 Å². The van der Waals surface area contributed by atoms with Crippen molar-refractivity contribution >= 4 is 28.3 Å². The quantitative estimate of drug-likeness (QED) is 0.458. The number of benzene rings is 1. The molecule has 0 atom stereocenters. The van der Waals surface area contributed by atoms with Crippen LogP contribution in [-0.2, 0) is 0 Å². The van der Waals surface area contributed by atoms with Gasteiger partial charge in [0.25, 0.3) is 5.69 Å². The third-order valence-corrected chi connectivity index (χ3v) is 3.19. The molecule has 1 aromatic heterocycles. The van der Waals surface area contributed by atoms with E-state index in [9.17, 15) is 10.1 Å². The van der Waals surface area contributed by atoms with Crippen molar-refractivity contribution in [3.63, 3.8) is 0 Å². The van der Waals surface area contributed by atoms with E-state index in [0.717, 1.165) is 3.57 Å². The molecule has 1 aromatic carbocycles. The largest absolute Gasteiger partial charge is 0.486 e. The molecule has 0 amide bonds. The molecule has 1 aliphatic rings.